The van der Waals surface area contributed by atoms with Crippen LogP contribution in [0.4, 0.5) is 17.1 Å². The van der Waals surface area contributed by atoms with E-state index in [2.05, 4.69) is 103 Å². The van der Waals surface area contributed by atoms with E-state index in [4.69, 9.17) is 61.4 Å². The van der Waals surface area contributed by atoms with Gasteiger partial charge in [-0.1, -0.05) is 121 Å². The van der Waals surface area contributed by atoms with Crippen LogP contribution in [0, 0.1) is 50.8 Å². The van der Waals surface area contributed by atoms with Gasteiger partial charge >= 0.3 is 0 Å². The molecule has 0 saturated heterocycles. The van der Waals surface area contributed by atoms with E-state index >= 15 is 0 Å². The second-order valence-electron chi connectivity index (χ2n) is 20.4. The van der Waals surface area contributed by atoms with Crippen LogP contribution in [0.1, 0.15) is 112 Å². The maximum absolute atomic E-state index is 13.2. The highest BCUT2D eigenvalue weighted by atomic mass is 35.5. The number of hydrazine groups is 1. The van der Waals surface area contributed by atoms with Gasteiger partial charge in [-0.3, -0.25) is 20.4 Å². The first kappa shape index (κ1) is 60.2. The Morgan fingerprint density at radius 2 is 1.22 bits per heavy atom. The van der Waals surface area contributed by atoms with Gasteiger partial charge in [0, 0.05) is 36.2 Å². The van der Waals surface area contributed by atoms with Crippen molar-refractivity contribution in [1.82, 2.24) is 21.0 Å². The van der Waals surface area contributed by atoms with Crippen LogP contribution in [0.15, 0.2) is 77.2 Å². The average Bonchev–Trinajstić information content (AvgIpc) is 3.83. The summed E-state index contributed by atoms with van der Waals surface area (Å²) in [6.07, 6.45) is 2.19. The number of hydrogen-bond acceptors (Lipinski definition) is 8. The summed E-state index contributed by atoms with van der Waals surface area (Å²) < 4.78 is 18.9. The SMILES string of the molecule is C.[C-]#[N+]c1ccc(-c2nnc([C@@H](CCO[Si](C)(C)C(C)(C)C)Cc3ccc([N+]#[C-])c(Cl)c3C)o2)cc1.[C-]#[N+]c1ccc(C[C@H](CCO[Si](C)(C)C(C)(C)C)C(=O)NNC(=O)c2ccc(C#N)cc2)c(C)c1Cl. The zero-order chi connectivity index (χ0) is 52.9. The van der Waals surface area contributed by atoms with Crippen molar-refractivity contribution in [3.8, 4) is 17.5 Å². The zero-order valence-corrected chi connectivity index (χ0v) is 46.3. The van der Waals surface area contributed by atoms with E-state index in [1.54, 1.807) is 24.3 Å². The van der Waals surface area contributed by atoms with Crippen LogP contribution in [0.3, 0.4) is 0 Å². The van der Waals surface area contributed by atoms with Gasteiger partial charge in [-0.05, 0) is 122 Å². The van der Waals surface area contributed by atoms with E-state index < -0.39 is 28.5 Å². The number of hydrogen-bond donors (Lipinski definition) is 2. The number of aromatic nitrogens is 2. The Bertz CT molecular complexity index is 2840. The Morgan fingerprint density at radius 1 is 0.722 bits per heavy atom. The highest BCUT2D eigenvalue weighted by Gasteiger charge is 2.38. The van der Waals surface area contributed by atoms with Gasteiger partial charge in [-0.15, -0.1) is 10.2 Å². The monoisotopic (exact) mass is 1050 g/mol. The largest absolute Gasteiger partial charge is 0.420 e. The lowest BCUT2D eigenvalue weighted by molar-refractivity contribution is -0.126. The Morgan fingerprint density at radius 3 is 1.69 bits per heavy atom. The summed E-state index contributed by atoms with van der Waals surface area (Å²) >= 11 is 12.8. The van der Waals surface area contributed by atoms with Gasteiger partial charge in [0.1, 0.15) is 0 Å². The molecule has 1 heterocycles. The van der Waals surface area contributed by atoms with Crippen LogP contribution >= 0.6 is 23.2 Å². The molecular weight excluding hydrogens is 980 g/mol. The lowest BCUT2D eigenvalue weighted by Crippen LogP contribution is -2.46. The summed E-state index contributed by atoms with van der Waals surface area (Å²) in [4.78, 5) is 36.0. The molecule has 2 amide bonds. The topological polar surface area (TPSA) is 152 Å². The molecule has 0 fully saturated rings. The van der Waals surface area contributed by atoms with Gasteiger partial charge in [-0.2, -0.15) is 5.26 Å². The standard InChI is InChI=1S/C27H33ClN4O3Si.C27H31ClN4O2Si.CH4/c1-18-21(12-13-23(30-5)24(18)28)16-22(14-15-35-36(6,7)27(2,3)4)26(34)32-31-25(33)20-10-8-19(17-29)9-11-20;1-18-20(11-14-23(30-6)24(18)28)17-21(15-16-33-35(7,8)27(2,3)4)26-32-31-25(34-26)19-9-12-22(29-5)13-10-19;/h8-13,22H,14-16H2,1-4,6-7H3,(H,31,33)(H,32,34);9-14,21H,15-17H2,1-4,7-8H3;1H4/t22-;21-;/m00./s1. The van der Waals surface area contributed by atoms with E-state index in [0.29, 0.717) is 88.9 Å². The van der Waals surface area contributed by atoms with Crippen LogP contribution in [0.25, 0.3) is 26.0 Å². The molecular formula is C55H68Cl2N8O5Si2. The lowest BCUT2D eigenvalue weighted by atomic mass is 9.93. The number of amides is 2. The van der Waals surface area contributed by atoms with Crippen LogP contribution in [-0.2, 0) is 26.5 Å². The minimum atomic E-state index is -2.00. The summed E-state index contributed by atoms with van der Waals surface area (Å²) in [6, 6.07) is 22.4. The van der Waals surface area contributed by atoms with Crippen molar-refractivity contribution in [1.29, 1.82) is 5.26 Å². The van der Waals surface area contributed by atoms with Gasteiger partial charge < -0.3 is 13.3 Å². The van der Waals surface area contributed by atoms with Gasteiger partial charge in [-0.25, -0.2) is 14.5 Å². The molecule has 72 heavy (non-hydrogen) atoms. The van der Waals surface area contributed by atoms with Gasteiger partial charge in [0.05, 0.1) is 41.4 Å². The fourth-order valence-corrected chi connectivity index (χ4v) is 9.31. The third kappa shape index (κ3) is 15.9. The molecule has 13 nitrogen and oxygen atoms in total. The maximum Gasteiger partial charge on any atom is 0.269 e. The summed E-state index contributed by atoms with van der Waals surface area (Å²) in [5.74, 6) is -0.435. The summed E-state index contributed by atoms with van der Waals surface area (Å²) in [5.41, 5.74) is 11.5. The molecule has 0 radical (unpaired) electrons. The molecule has 0 aliphatic heterocycles. The van der Waals surface area contributed by atoms with Crippen LogP contribution in [0.2, 0.25) is 46.3 Å². The average molecular weight is 1050 g/mol. The normalized spacial score (nSPS) is 12.3. The third-order valence-electron chi connectivity index (χ3n) is 13.6. The van der Waals surface area contributed by atoms with E-state index in [-0.39, 0.29) is 29.3 Å². The molecule has 5 aromatic rings. The number of carbonyl (C=O) groups is 2. The van der Waals surface area contributed by atoms with E-state index in [1.165, 1.54) is 24.3 Å². The van der Waals surface area contributed by atoms with E-state index in [1.807, 2.05) is 44.2 Å². The molecule has 0 bridgehead atoms. The van der Waals surface area contributed by atoms with E-state index in [0.717, 1.165) is 27.8 Å². The summed E-state index contributed by atoms with van der Waals surface area (Å²) in [5, 5.41) is 18.6. The Labute approximate surface area is 439 Å². The van der Waals surface area contributed by atoms with Crippen LogP contribution < -0.4 is 10.9 Å². The van der Waals surface area contributed by atoms with Gasteiger partial charge in [0.15, 0.2) is 22.3 Å². The summed E-state index contributed by atoms with van der Waals surface area (Å²) in [7, 11) is -3.90. The number of benzene rings is 4. The molecule has 5 rings (SSSR count). The van der Waals surface area contributed by atoms with Crippen molar-refractivity contribution in [2.75, 3.05) is 13.2 Å². The molecule has 1 aromatic heterocycles. The Hall–Kier alpha value is -6.15. The first-order chi connectivity index (χ1) is 33.3. The van der Waals surface area contributed by atoms with Crippen molar-refractivity contribution in [3.05, 3.63) is 156 Å². The highest BCUT2D eigenvalue weighted by Crippen LogP contribution is 2.40. The first-order valence-corrected chi connectivity index (χ1v) is 29.8. The molecule has 2 N–H and O–H groups in total. The number of rotatable bonds is 16. The number of carbonyl (C=O) groups excluding carboxylic acids is 2. The van der Waals surface area contributed by atoms with E-state index in [9.17, 15) is 9.59 Å². The molecule has 0 unspecified atom stereocenters. The Kier molecular flexibility index (Phi) is 21.7. The molecule has 380 valence electrons. The minimum absolute atomic E-state index is 0. The molecule has 0 aliphatic carbocycles. The number of nitrogens with one attached hydrogen (secondary N) is 2. The quantitative estimate of drug-likeness (QED) is 0.0563. The second kappa shape index (κ2) is 26.0. The molecule has 4 aromatic carbocycles. The van der Waals surface area contributed by atoms with Crippen molar-refractivity contribution in [2.45, 2.75) is 131 Å². The highest BCUT2D eigenvalue weighted by molar-refractivity contribution is 6.74. The van der Waals surface area contributed by atoms with Crippen LogP contribution in [0.5, 0.6) is 0 Å². The lowest BCUT2D eigenvalue weighted by Gasteiger charge is -2.36. The predicted molar refractivity (Wildman–Crippen MR) is 294 cm³/mol. The number of nitriles is 1. The van der Waals surface area contributed by atoms with Crippen molar-refractivity contribution >= 4 is 68.7 Å². The van der Waals surface area contributed by atoms with Crippen molar-refractivity contribution in [3.63, 3.8) is 0 Å². The smallest absolute Gasteiger partial charge is 0.269 e. The van der Waals surface area contributed by atoms with Crippen LogP contribution in [-0.4, -0.2) is 51.9 Å². The first-order valence-electron chi connectivity index (χ1n) is 23.3. The Balaban J connectivity index is 0.000000375. The molecule has 17 heteroatoms. The molecule has 0 spiro atoms. The predicted octanol–water partition coefficient (Wildman–Crippen LogP) is 15.3. The summed E-state index contributed by atoms with van der Waals surface area (Å²) in [6.45, 7) is 48.4. The maximum atomic E-state index is 13.2. The van der Waals surface area contributed by atoms with Crippen molar-refractivity contribution in [2.24, 2.45) is 5.92 Å². The second-order valence-corrected chi connectivity index (χ2v) is 30.8. The minimum Gasteiger partial charge on any atom is -0.420 e. The fraction of sp³-hybridized carbons (Fsp3) is 0.418. The third-order valence-corrected chi connectivity index (χ3v) is 23.6. The number of nitrogens with zero attached hydrogens (tertiary/aromatic N) is 6. The number of halogens is 2. The van der Waals surface area contributed by atoms with Gasteiger partial charge in [0.2, 0.25) is 29.1 Å². The molecule has 2 atom stereocenters. The van der Waals surface area contributed by atoms with Gasteiger partial charge in [0.25, 0.3) is 5.91 Å². The molecule has 0 aliphatic rings. The molecule has 0 saturated carbocycles. The fourth-order valence-electron chi connectivity index (χ4n) is 6.74. The van der Waals surface area contributed by atoms with Crippen molar-refractivity contribution < 1.29 is 22.9 Å². The zero-order valence-electron chi connectivity index (χ0n) is 42.8.